The van der Waals surface area contributed by atoms with Gasteiger partial charge in [-0.05, 0) is 41.5 Å². The zero-order chi connectivity index (χ0) is 15.4. The van der Waals surface area contributed by atoms with Crippen LogP contribution in [-0.4, -0.2) is 15.9 Å². The standard InChI is InChI=1S/C17H12FN3O/c18-15-4-2-10-20-16(15)21-17(22)13-7-5-12(6-8-13)14-3-1-9-19-11-14/h1-11H,(H,20,21,22). The Morgan fingerprint density at radius 2 is 1.73 bits per heavy atom. The molecule has 0 atom stereocenters. The third-order valence-corrected chi connectivity index (χ3v) is 3.13. The Kier molecular flexibility index (Phi) is 3.87. The zero-order valence-corrected chi connectivity index (χ0v) is 11.5. The number of nitrogens with zero attached hydrogens (tertiary/aromatic N) is 2. The predicted molar refractivity (Wildman–Crippen MR) is 81.8 cm³/mol. The summed E-state index contributed by atoms with van der Waals surface area (Å²) in [6.45, 7) is 0. The zero-order valence-electron chi connectivity index (χ0n) is 11.5. The lowest BCUT2D eigenvalue weighted by Crippen LogP contribution is -2.13. The molecule has 0 aliphatic carbocycles. The van der Waals surface area contributed by atoms with Crippen LogP contribution in [0.15, 0.2) is 67.1 Å². The Morgan fingerprint density at radius 1 is 0.955 bits per heavy atom. The molecule has 0 aliphatic rings. The van der Waals surface area contributed by atoms with Crippen molar-refractivity contribution in [2.45, 2.75) is 0 Å². The number of pyridine rings is 2. The summed E-state index contributed by atoms with van der Waals surface area (Å²) in [6.07, 6.45) is 4.87. The normalized spacial score (nSPS) is 10.2. The number of rotatable bonds is 3. The van der Waals surface area contributed by atoms with Crippen LogP contribution in [0.2, 0.25) is 0 Å². The lowest BCUT2D eigenvalue weighted by molar-refractivity contribution is 0.102. The van der Waals surface area contributed by atoms with Crippen molar-refractivity contribution in [3.63, 3.8) is 0 Å². The maximum absolute atomic E-state index is 13.5. The van der Waals surface area contributed by atoms with Gasteiger partial charge in [-0.15, -0.1) is 0 Å². The molecule has 5 heteroatoms. The number of carbonyl (C=O) groups excluding carboxylic acids is 1. The molecule has 2 aromatic heterocycles. The van der Waals surface area contributed by atoms with E-state index in [0.29, 0.717) is 5.56 Å². The number of hydrogen-bond acceptors (Lipinski definition) is 3. The molecule has 2 heterocycles. The van der Waals surface area contributed by atoms with Crippen LogP contribution < -0.4 is 5.32 Å². The van der Waals surface area contributed by atoms with Gasteiger partial charge in [-0.1, -0.05) is 18.2 Å². The van der Waals surface area contributed by atoms with Crippen LogP contribution in [0.1, 0.15) is 10.4 Å². The molecule has 0 saturated heterocycles. The van der Waals surface area contributed by atoms with Gasteiger partial charge in [0.2, 0.25) is 0 Å². The van der Waals surface area contributed by atoms with Gasteiger partial charge in [-0.2, -0.15) is 0 Å². The van der Waals surface area contributed by atoms with Crippen LogP contribution in [0.5, 0.6) is 0 Å². The summed E-state index contributed by atoms with van der Waals surface area (Å²) in [5, 5.41) is 2.45. The average molecular weight is 293 g/mol. The molecular formula is C17H12FN3O. The van der Waals surface area contributed by atoms with Crippen LogP contribution in [0.25, 0.3) is 11.1 Å². The molecule has 1 amide bonds. The van der Waals surface area contributed by atoms with Crippen molar-refractivity contribution < 1.29 is 9.18 Å². The molecule has 0 aliphatic heterocycles. The van der Waals surface area contributed by atoms with Gasteiger partial charge in [-0.3, -0.25) is 9.78 Å². The highest BCUT2D eigenvalue weighted by atomic mass is 19.1. The lowest BCUT2D eigenvalue weighted by atomic mass is 10.1. The summed E-state index contributed by atoms with van der Waals surface area (Å²) in [6, 6.07) is 13.5. The molecule has 108 valence electrons. The van der Waals surface area contributed by atoms with Crippen LogP contribution in [0.3, 0.4) is 0 Å². The first-order valence-corrected chi connectivity index (χ1v) is 6.66. The highest BCUT2D eigenvalue weighted by Crippen LogP contribution is 2.19. The van der Waals surface area contributed by atoms with E-state index in [1.807, 2.05) is 24.3 Å². The maximum atomic E-state index is 13.5. The molecule has 4 nitrogen and oxygen atoms in total. The van der Waals surface area contributed by atoms with E-state index in [0.717, 1.165) is 11.1 Å². The van der Waals surface area contributed by atoms with Crippen LogP contribution in [0.4, 0.5) is 10.2 Å². The number of amides is 1. The van der Waals surface area contributed by atoms with E-state index in [-0.39, 0.29) is 5.82 Å². The summed E-state index contributed by atoms with van der Waals surface area (Å²) >= 11 is 0. The van der Waals surface area contributed by atoms with Gasteiger partial charge in [0.15, 0.2) is 11.6 Å². The molecule has 3 rings (SSSR count). The molecule has 0 saturated carbocycles. The second-order valence-corrected chi connectivity index (χ2v) is 4.61. The number of benzene rings is 1. The van der Waals surface area contributed by atoms with Crippen molar-refractivity contribution in [2.75, 3.05) is 5.32 Å². The molecule has 1 N–H and O–H groups in total. The predicted octanol–water partition coefficient (Wildman–Crippen LogP) is 3.54. The van der Waals surface area contributed by atoms with Crippen LogP contribution in [-0.2, 0) is 0 Å². The second-order valence-electron chi connectivity index (χ2n) is 4.61. The van der Waals surface area contributed by atoms with Crippen molar-refractivity contribution in [1.82, 2.24) is 9.97 Å². The number of hydrogen-bond donors (Lipinski definition) is 1. The first-order valence-electron chi connectivity index (χ1n) is 6.66. The summed E-state index contributed by atoms with van der Waals surface area (Å²) in [4.78, 5) is 19.9. The summed E-state index contributed by atoms with van der Waals surface area (Å²) < 4.78 is 13.5. The van der Waals surface area contributed by atoms with Crippen LogP contribution >= 0.6 is 0 Å². The van der Waals surface area contributed by atoms with E-state index in [1.165, 1.54) is 18.3 Å². The summed E-state index contributed by atoms with van der Waals surface area (Å²) in [5.41, 5.74) is 2.34. The Bertz CT molecular complexity index is 789. The topological polar surface area (TPSA) is 54.9 Å². The third-order valence-electron chi connectivity index (χ3n) is 3.13. The molecule has 0 unspecified atom stereocenters. The largest absolute Gasteiger partial charge is 0.304 e. The van der Waals surface area contributed by atoms with Gasteiger partial charge in [0.05, 0.1) is 0 Å². The average Bonchev–Trinajstić information content (AvgIpc) is 2.58. The minimum atomic E-state index is -0.567. The fraction of sp³-hybridized carbons (Fsp3) is 0. The van der Waals surface area contributed by atoms with Gasteiger partial charge >= 0.3 is 0 Å². The first kappa shape index (κ1) is 13.9. The van der Waals surface area contributed by atoms with E-state index in [4.69, 9.17) is 0 Å². The fourth-order valence-electron chi connectivity index (χ4n) is 2.00. The molecular weight excluding hydrogens is 281 g/mol. The van der Waals surface area contributed by atoms with Crippen LogP contribution in [0, 0.1) is 5.82 Å². The van der Waals surface area contributed by atoms with Crippen molar-refractivity contribution >= 4 is 11.7 Å². The number of carbonyl (C=O) groups is 1. The van der Waals surface area contributed by atoms with Gasteiger partial charge < -0.3 is 5.32 Å². The van der Waals surface area contributed by atoms with Crippen molar-refractivity contribution in [2.24, 2.45) is 0 Å². The fourth-order valence-corrected chi connectivity index (χ4v) is 2.00. The highest BCUT2D eigenvalue weighted by Gasteiger charge is 2.10. The highest BCUT2D eigenvalue weighted by molar-refractivity contribution is 6.04. The van der Waals surface area contributed by atoms with E-state index in [9.17, 15) is 9.18 Å². The molecule has 0 radical (unpaired) electrons. The number of aromatic nitrogens is 2. The molecule has 22 heavy (non-hydrogen) atoms. The van der Waals surface area contributed by atoms with Gasteiger partial charge in [-0.25, -0.2) is 9.37 Å². The quantitative estimate of drug-likeness (QED) is 0.803. The van der Waals surface area contributed by atoms with Gasteiger partial charge in [0.1, 0.15) is 0 Å². The monoisotopic (exact) mass is 293 g/mol. The smallest absolute Gasteiger partial charge is 0.256 e. The number of anilines is 1. The van der Waals surface area contributed by atoms with Crippen molar-refractivity contribution in [1.29, 1.82) is 0 Å². The molecule has 0 spiro atoms. The Labute approximate surface area is 126 Å². The maximum Gasteiger partial charge on any atom is 0.256 e. The van der Waals surface area contributed by atoms with E-state index in [1.54, 1.807) is 24.5 Å². The Balaban J connectivity index is 1.78. The minimum Gasteiger partial charge on any atom is -0.304 e. The van der Waals surface area contributed by atoms with Crippen molar-refractivity contribution in [3.8, 4) is 11.1 Å². The summed E-state index contributed by atoms with van der Waals surface area (Å²) in [5.74, 6) is -1.05. The Morgan fingerprint density at radius 3 is 2.41 bits per heavy atom. The van der Waals surface area contributed by atoms with Gasteiger partial charge in [0, 0.05) is 24.2 Å². The van der Waals surface area contributed by atoms with E-state index < -0.39 is 11.7 Å². The van der Waals surface area contributed by atoms with Crippen molar-refractivity contribution in [3.05, 3.63) is 78.5 Å². The lowest BCUT2D eigenvalue weighted by Gasteiger charge is -2.06. The minimum absolute atomic E-state index is 0.0798. The van der Waals surface area contributed by atoms with E-state index >= 15 is 0 Å². The summed E-state index contributed by atoms with van der Waals surface area (Å²) in [7, 11) is 0. The SMILES string of the molecule is O=C(Nc1ncccc1F)c1ccc(-c2cccnc2)cc1. The number of nitrogens with one attached hydrogen (secondary N) is 1. The number of halogens is 1. The van der Waals surface area contributed by atoms with E-state index in [2.05, 4.69) is 15.3 Å². The Hall–Kier alpha value is -3.08. The molecule has 3 aromatic rings. The first-order chi connectivity index (χ1) is 10.7. The second kappa shape index (κ2) is 6.13. The molecule has 1 aromatic carbocycles. The molecule has 0 bridgehead atoms. The molecule has 0 fully saturated rings. The van der Waals surface area contributed by atoms with Gasteiger partial charge in [0.25, 0.3) is 5.91 Å². The third kappa shape index (κ3) is 2.98.